The lowest BCUT2D eigenvalue weighted by molar-refractivity contribution is -0.135. The zero-order valence-corrected chi connectivity index (χ0v) is 20.1. The third-order valence-electron chi connectivity index (χ3n) is 5.58. The molecule has 0 aromatic heterocycles. The number of hydrogen-bond donors (Lipinski definition) is 0. The second kappa shape index (κ2) is 10.2. The summed E-state index contributed by atoms with van der Waals surface area (Å²) in [6, 6.07) is 9.93. The number of hydrogen-bond acceptors (Lipinski definition) is 4. The second-order valence-electron chi connectivity index (χ2n) is 9.10. The Hall–Kier alpha value is -2.27. The average Bonchev–Trinajstić information content (AvgIpc) is 2.68. The molecule has 1 unspecified atom stereocenters. The predicted octanol–water partition coefficient (Wildman–Crippen LogP) is 5.90. The van der Waals surface area contributed by atoms with Crippen molar-refractivity contribution in [3.63, 3.8) is 0 Å². The monoisotopic (exact) mass is 426 g/mol. The van der Waals surface area contributed by atoms with Gasteiger partial charge in [0.2, 0.25) is 8.32 Å². The minimum Gasteiger partial charge on any atom is -0.520 e. The number of benzene rings is 1. The van der Waals surface area contributed by atoms with E-state index < -0.39 is 8.32 Å². The molecule has 0 saturated heterocycles. The van der Waals surface area contributed by atoms with Crippen molar-refractivity contribution >= 4 is 25.9 Å². The van der Waals surface area contributed by atoms with Crippen LogP contribution < -0.4 is 0 Å². The average molecular weight is 427 g/mol. The van der Waals surface area contributed by atoms with E-state index in [2.05, 4.69) is 0 Å². The Kier molecular flexibility index (Phi) is 8.13. The number of ketones is 2. The molecule has 0 amide bonds. The van der Waals surface area contributed by atoms with Crippen molar-refractivity contribution in [3.05, 3.63) is 58.2 Å². The highest BCUT2D eigenvalue weighted by Crippen LogP contribution is 2.37. The third-order valence-corrected chi connectivity index (χ3v) is 6.42. The van der Waals surface area contributed by atoms with Crippen LogP contribution in [0.3, 0.4) is 0 Å². The third kappa shape index (κ3) is 6.11. The van der Waals surface area contributed by atoms with Gasteiger partial charge in [-0.05, 0) is 58.8 Å². The fourth-order valence-electron chi connectivity index (χ4n) is 3.89. The Balaban J connectivity index is 2.10. The van der Waals surface area contributed by atoms with Crippen molar-refractivity contribution in [2.75, 3.05) is 0 Å². The number of carbonyl (C=O) groups excluding carboxylic acids is 3. The molecule has 30 heavy (non-hydrogen) atoms. The van der Waals surface area contributed by atoms with Crippen molar-refractivity contribution in [2.24, 2.45) is 0 Å². The number of Topliss-reactive ketones (excluding diaryl/α,β-unsaturated/α-hetero) is 2. The summed E-state index contributed by atoms with van der Waals surface area (Å²) in [5.41, 5.74) is 3.35. The molecule has 0 bridgehead atoms. The van der Waals surface area contributed by atoms with E-state index in [9.17, 15) is 14.4 Å². The summed E-state index contributed by atoms with van der Waals surface area (Å²) in [7, 11) is -1.84. The lowest BCUT2D eigenvalue weighted by atomic mass is 9.76. The van der Waals surface area contributed by atoms with Crippen LogP contribution in [0.5, 0.6) is 0 Å². The summed E-state index contributed by atoms with van der Waals surface area (Å²) in [4.78, 5) is 37.7. The molecule has 0 radical (unpaired) electrons. The van der Waals surface area contributed by atoms with Gasteiger partial charge in [-0.1, -0.05) is 43.2 Å². The highest BCUT2D eigenvalue weighted by Gasteiger charge is 2.33. The normalized spacial score (nSPS) is 16.2. The van der Waals surface area contributed by atoms with E-state index in [4.69, 9.17) is 4.43 Å². The Morgan fingerprint density at radius 3 is 2.07 bits per heavy atom. The Morgan fingerprint density at radius 2 is 1.47 bits per heavy atom. The summed E-state index contributed by atoms with van der Waals surface area (Å²) >= 11 is 0. The lowest BCUT2D eigenvalue weighted by Gasteiger charge is -2.26. The van der Waals surface area contributed by atoms with E-state index in [-0.39, 0.29) is 23.5 Å². The van der Waals surface area contributed by atoms with Crippen LogP contribution in [0.25, 0.3) is 0 Å². The van der Waals surface area contributed by atoms with Crippen LogP contribution in [0.2, 0.25) is 19.6 Å². The van der Waals surface area contributed by atoms with Gasteiger partial charge < -0.3 is 4.43 Å². The van der Waals surface area contributed by atoms with E-state index in [0.29, 0.717) is 28.7 Å². The Morgan fingerprint density at radius 1 is 0.867 bits per heavy atom. The van der Waals surface area contributed by atoms with Crippen molar-refractivity contribution in [2.45, 2.75) is 78.4 Å². The number of unbranched alkanes of at least 4 members (excludes halogenated alkanes) is 2. The Bertz CT molecular complexity index is 872. The smallest absolute Gasteiger partial charge is 0.292 e. The van der Waals surface area contributed by atoms with Gasteiger partial charge in [0.15, 0.2) is 11.6 Å². The van der Waals surface area contributed by atoms with E-state index in [1.807, 2.05) is 50.0 Å². The van der Waals surface area contributed by atoms with Crippen LogP contribution in [0.4, 0.5) is 0 Å². The maximum Gasteiger partial charge on any atom is 0.292 e. The first-order valence-electron chi connectivity index (χ1n) is 10.8. The van der Waals surface area contributed by atoms with E-state index in [1.54, 1.807) is 20.8 Å². The largest absolute Gasteiger partial charge is 0.520 e. The standard InChI is InChI=1S/C25H34O4Si/c1-17-18(2)25(28)23(19(3)24(17)27)21(20-13-9-7-10-14-20)15-11-8-12-16-22(26)29-30(4,5)6/h7,9-10,13-14,21H,8,11-12,15-16H2,1-6H3. The van der Waals surface area contributed by atoms with Gasteiger partial charge >= 0.3 is 0 Å². The molecular formula is C25H34O4Si. The summed E-state index contributed by atoms with van der Waals surface area (Å²) < 4.78 is 5.50. The number of rotatable bonds is 9. The molecule has 0 spiro atoms. The van der Waals surface area contributed by atoms with Crippen LogP contribution in [-0.4, -0.2) is 25.9 Å². The zero-order chi connectivity index (χ0) is 22.5. The van der Waals surface area contributed by atoms with Crippen LogP contribution in [-0.2, 0) is 18.8 Å². The SMILES string of the molecule is CC1=C(C)C(=O)C(C(CCCCCC(=O)O[Si](C)(C)C)c2ccccc2)=C(C)C1=O. The molecule has 0 saturated carbocycles. The number of carbonyl (C=O) groups is 3. The topological polar surface area (TPSA) is 60.4 Å². The molecule has 5 heteroatoms. The van der Waals surface area contributed by atoms with Gasteiger partial charge in [0.05, 0.1) is 0 Å². The molecule has 0 heterocycles. The maximum atomic E-state index is 13.1. The minimum atomic E-state index is -1.84. The molecule has 162 valence electrons. The van der Waals surface area contributed by atoms with E-state index in [0.717, 1.165) is 31.2 Å². The predicted molar refractivity (Wildman–Crippen MR) is 123 cm³/mol. The lowest BCUT2D eigenvalue weighted by Crippen LogP contribution is -2.29. The summed E-state index contributed by atoms with van der Waals surface area (Å²) in [6.07, 6.45) is 3.73. The van der Waals surface area contributed by atoms with Gasteiger partial charge in [0.1, 0.15) is 0 Å². The van der Waals surface area contributed by atoms with Crippen molar-refractivity contribution in [1.82, 2.24) is 0 Å². The fourth-order valence-corrected chi connectivity index (χ4v) is 4.67. The zero-order valence-electron chi connectivity index (χ0n) is 19.1. The molecule has 0 fully saturated rings. The van der Waals surface area contributed by atoms with Crippen molar-refractivity contribution < 1.29 is 18.8 Å². The maximum absolute atomic E-state index is 13.1. The molecule has 1 aliphatic rings. The van der Waals surface area contributed by atoms with Gasteiger partial charge in [-0.15, -0.1) is 0 Å². The highest BCUT2D eigenvalue weighted by atomic mass is 28.4. The van der Waals surface area contributed by atoms with E-state index in [1.165, 1.54) is 0 Å². The molecule has 4 nitrogen and oxygen atoms in total. The van der Waals surface area contributed by atoms with Gasteiger partial charge in [-0.3, -0.25) is 14.4 Å². The first kappa shape index (κ1) is 24.0. The molecule has 0 N–H and O–H groups in total. The van der Waals surface area contributed by atoms with Crippen molar-refractivity contribution in [3.8, 4) is 0 Å². The molecule has 1 aromatic carbocycles. The molecular weight excluding hydrogens is 392 g/mol. The molecule has 2 rings (SSSR count). The summed E-state index contributed by atoms with van der Waals surface area (Å²) in [5.74, 6) is -0.273. The minimum absolute atomic E-state index is 0.0165. The van der Waals surface area contributed by atoms with Gasteiger partial charge in [-0.2, -0.15) is 0 Å². The fraction of sp³-hybridized carbons (Fsp3) is 0.480. The van der Waals surface area contributed by atoms with Crippen LogP contribution in [0.15, 0.2) is 52.6 Å². The first-order chi connectivity index (χ1) is 14.0. The summed E-state index contributed by atoms with van der Waals surface area (Å²) in [5, 5.41) is 0. The van der Waals surface area contributed by atoms with Gasteiger partial charge in [0, 0.05) is 34.6 Å². The quantitative estimate of drug-likeness (QED) is 0.280. The highest BCUT2D eigenvalue weighted by molar-refractivity contribution is 6.71. The van der Waals surface area contributed by atoms with Gasteiger partial charge in [-0.25, -0.2) is 0 Å². The van der Waals surface area contributed by atoms with Crippen LogP contribution in [0, 0.1) is 0 Å². The first-order valence-corrected chi connectivity index (χ1v) is 14.2. The van der Waals surface area contributed by atoms with Crippen LogP contribution in [0.1, 0.15) is 64.4 Å². The van der Waals surface area contributed by atoms with Gasteiger partial charge in [0.25, 0.3) is 5.97 Å². The summed E-state index contributed by atoms with van der Waals surface area (Å²) in [6.45, 7) is 11.3. The van der Waals surface area contributed by atoms with E-state index >= 15 is 0 Å². The molecule has 1 aliphatic carbocycles. The second-order valence-corrected chi connectivity index (χ2v) is 13.5. The molecule has 1 aromatic rings. The molecule has 0 aliphatic heterocycles. The Labute approximate surface area is 181 Å². The van der Waals surface area contributed by atoms with Crippen molar-refractivity contribution in [1.29, 1.82) is 0 Å². The number of allylic oxidation sites excluding steroid dienone is 4. The van der Waals surface area contributed by atoms with Crippen LogP contribution >= 0.6 is 0 Å². The molecule has 1 atom stereocenters.